The standard InChI is InChI=1S/C32H46O4/c1-3-19-32(36)20-18-28-27-16-14-23-21-25(33)15-17-26(23)30(27)24(22-31(28,32)2)12-10-8-6-4-5-7-9-11-13-29(34)35/h21,24,27-28,36H,4-18,20,22H2,1-2H3,(H,34,35)/t24-,27-,28-,31-,32-/m0/s1. The molecule has 0 radical (unpaired) electrons. The Bertz CT molecular complexity index is 962. The van der Waals surface area contributed by atoms with Gasteiger partial charge in [-0.3, -0.25) is 9.59 Å². The first-order valence-corrected chi connectivity index (χ1v) is 14.6. The van der Waals surface area contributed by atoms with Crippen molar-refractivity contribution in [3.63, 3.8) is 0 Å². The van der Waals surface area contributed by atoms with Gasteiger partial charge < -0.3 is 10.2 Å². The van der Waals surface area contributed by atoms with Crippen molar-refractivity contribution in [3.8, 4) is 11.8 Å². The molecule has 0 aliphatic heterocycles. The molecule has 0 unspecified atom stereocenters. The van der Waals surface area contributed by atoms with E-state index in [1.165, 1.54) is 49.7 Å². The van der Waals surface area contributed by atoms with Crippen LogP contribution in [0.4, 0.5) is 0 Å². The summed E-state index contributed by atoms with van der Waals surface area (Å²) < 4.78 is 0. The van der Waals surface area contributed by atoms with Gasteiger partial charge in [0.05, 0.1) is 0 Å². The summed E-state index contributed by atoms with van der Waals surface area (Å²) in [4.78, 5) is 22.8. The lowest BCUT2D eigenvalue weighted by Crippen LogP contribution is -2.51. The Hall–Kier alpha value is -1.86. The molecule has 0 aromatic rings. The number of allylic oxidation sites excluding steroid dienone is 4. The molecule has 0 amide bonds. The quantitative estimate of drug-likeness (QED) is 0.236. The van der Waals surface area contributed by atoms with Gasteiger partial charge in [0.2, 0.25) is 0 Å². The molecule has 198 valence electrons. The third-order valence-electron chi connectivity index (χ3n) is 10.0. The van der Waals surface area contributed by atoms with Crippen LogP contribution in [0.3, 0.4) is 0 Å². The molecule has 2 saturated carbocycles. The number of hydrogen-bond acceptors (Lipinski definition) is 3. The summed E-state index contributed by atoms with van der Waals surface area (Å²) in [5.41, 5.74) is 3.46. The number of ketones is 1. The van der Waals surface area contributed by atoms with Crippen LogP contribution in [0.5, 0.6) is 0 Å². The van der Waals surface area contributed by atoms with E-state index in [9.17, 15) is 14.7 Å². The summed E-state index contributed by atoms with van der Waals surface area (Å²) in [5.74, 6) is 7.42. The number of carboxylic acid groups (broad SMARTS) is 1. The summed E-state index contributed by atoms with van der Waals surface area (Å²) in [7, 11) is 0. The van der Waals surface area contributed by atoms with Gasteiger partial charge >= 0.3 is 5.97 Å². The van der Waals surface area contributed by atoms with Gasteiger partial charge in [0, 0.05) is 18.3 Å². The van der Waals surface area contributed by atoms with E-state index in [1.807, 2.05) is 13.0 Å². The largest absolute Gasteiger partial charge is 0.481 e. The molecule has 0 bridgehead atoms. The SMILES string of the molecule is CC#C[C@]1(O)CC[C@H]2[C@@H]3CCC4=CC(=O)CCC4=C3[C@@H](CCCCCCCCCCC(=O)O)C[C@@]21C. The van der Waals surface area contributed by atoms with E-state index in [2.05, 4.69) is 18.8 Å². The lowest BCUT2D eigenvalue weighted by Gasteiger charge is -2.53. The third-order valence-corrected chi connectivity index (χ3v) is 10.0. The molecule has 0 heterocycles. The molecule has 0 spiro atoms. The van der Waals surface area contributed by atoms with Crippen LogP contribution in [0.1, 0.15) is 123 Å². The fourth-order valence-electron chi connectivity index (χ4n) is 8.23. The number of carbonyl (C=O) groups is 2. The highest BCUT2D eigenvalue weighted by atomic mass is 16.4. The Morgan fingerprint density at radius 3 is 2.42 bits per heavy atom. The third kappa shape index (κ3) is 5.52. The second-order valence-electron chi connectivity index (χ2n) is 12.2. The number of unbranched alkanes of at least 4 members (excludes halogenated alkanes) is 7. The molecular weight excluding hydrogens is 448 g/mol. The van der Waals surface area contributed by atoms with Crippen LogP contribution in [0.25, 0.3) is 0 Å². The topological polar surface area (TPSA) is 74.6 Å². The summed E-state index contributed by atoms with van der Waals surface area (Å²) in [6.07, 6.45) is 19.0. The van der Waals surface area contributed by atoms with Gasteiger partial charge in [0.1, 0.15) is 5.60 Å². The number of carboxylic acids is 1. The maximum absolute atomic E-state index is 12.2. The van der Waals surface area contributed by atoms with Gasteiger partial charge in [0.25, 0.3) is 0 Å². The van der Waals surface area contributed by atoms with Crippen molar-refractivity contribution in [2.24, 2.45) is 23.2 Å². The average molecular weight is 495 g/mol. The first-order valence-electron chi connectivity index (χ1n) is 14.6. The zero-order valence-electron chi connectivity index (χ0n) is 22.5. The normalized spacial score (nSPS) is 33.2. The molecule has 2 fully saturated rings. The predicted octanol–water partition coefficient (Wildman–Crippen LogP) is 7.16. The van der Waals surface area contributed by atoms with Crippen molar-refractivity contribution in [1.82, 2.24) is 0 Å². The zero-order chi connectivity index (χ0) is 25.8. The molecule has 4 rings (SSSR count). The van der Waals surface area contributed by atoms with E-state index in [0.29, 0.717) is 36.4 Å². The number of carbonyl (C=O) groups excluding carboxylic acids is 1. The minimum absolute atomic E-state index is 0.156. The van der Waals surface area contributed by atoms with Gasteiger partial charge in [0.15, 0.2) is 5.78 Å². The van der Waals surface area contributed by atoms with Crippen molar-refractivity contribution in [1.29, 1.82) is 0 Å². The van der Waals surface area contributed by atoms with Gasteiger partial charge in [-0.15, -0.1) is 5.92 Å². The minimum Gasteiger partial charge on any atom is -0.481 e. The van der Waals surface area contributed by atoms with E-state index in [-0.39, 0.29) is 5.41 Å². The Labute approximate surface area is 218 Å². The molecule has 0 aromatic carbocycles. The second-order valence-corrected chi connectivity index (χ2v) is 12.2. The van der Waals surface area contributed by atoms with Crippen LogP contribution < -0.4 is 0 Å². The zero-order valence-corrected chi connectivity index (χ0v) is 22.5. The minimum atomic E-state index is -0.875. The highest BCUT2D eigenvalue weighted by Gasteiger charge is 2.62. The van der Waals surface area contributed by atoms with E-state index in [1.54, 1.807) is 5.57 Å². The first kappa shape index (κ1) is 27.2. The lowest BCUT2D eigenvalue weighted by molar-refractivity contribution is -0.137. The Morgan fingerprint density at radius 2 is 1.72 bits per heavy atom. The Balaban J connectivity index is 1.41. The van der Waals surface area contributed by atoms with Crippen LogP contribution >= 0.6 is 0 Å². The fourth-order valence-corrected chi connectivity index (χ4v) is 8.23. The summed E-state index contributed by atoms with van der Waals surface area (Å²) in [5, 5.41) is 20.5. The molecule has 4 aliphatic rings. The summed E-state index contributed by atoms with van der Waals surface area (Å²) in [6, 6.07) is 0. The molecule has 5 atom stereocenters. The molecular formula is C32H46O4. The summed E-state index contributed by atoms with van der Waals surface area (Å²) in [6.45, 7) is 4.18. The maximum Gasteiger partial charge on any atom is 0.303 e. The highest BCUT2D eigenvalue weighted by molar-refractivity contribution is 5.93. The Morgan fingerprint density at radius 1 is 1.03 bits per heavy atom. The van der Waals surface area contributed by atoms with Crippen LogP contribution in [0.2, 0.25) is 0 Å². The molecule has 4 heteroatoms. The van der Waals surface area contributed by atoms with E-state index in [4.69, 9.17) is 5.11 Å². The Kier molecular flexibility index (Phi) is 8.82. The van der Waals surface area contributed by atoms with Crippen LogP contribution in [0.15, 0.2) is 22.8 Å². The molecule has 4 nitrogen and oxygen atoms in total. The number of hydrogen-bond donors (Lipinski definition) is 2. The van der Waals surface area contributed by atoms with Gasteiger partial charge in [-0.2, -0.15) is 0 Å². The van der Waals surface area contributed by atoms with Gasteiger partial charge in [-0.25, -0.2) is 0 Å². The monoisotopic (exact) mass is 494 g/mol. The number of fused-ring (bicyclic) bond motifs is 4. The molecule has 36 heavy (non-hydrogen) atoms. The first-order chi connectivity index (χ1) is 17.3. The number of aliphatic hydroxyl groups is 1. The maximum atomic E-state index is 12.2. The second kappa shape index (κ2) is 11.7. The molecule has 0 aromatic heterocycles. The van der Waals surface area contributed by atoms with Crippen molar-refractivity contribution < 1.29 is 19.8 Å². The van der Waals surface area contributed by atoms with Crippen LogP contribution in [-0.2, 0) is 9.59 Å². The van der Waals surface area contributed by atoms with Crippen molar-refractivity contribution >= 4 is 11.8 Å². The summed E-state index contributed by atoms with van der Waals surface area (Å²) >= 11 is 0. The van der Waals surface area contributed by atoms with Crippen LogP contribution in [0, 0.1) is 35.0 Å². The van der Waals surface area contributed by atoms with Crippen LogP contribution in [-0.4, -0.2) is 27.6 Å². The van der Waals surface area contributed by atoms with Gasteiger partial charge in [-0.05, 0) is 93.3 Å². The average Bonchev–Trinajstić information content (AvgIpc) is 3.09. The fraction of sp³-hybridized carbons (Fsp3) is 0.750. The highest BCUT2D eigenvalue weighted by Crippen LogP contribution is 2.65. The molecule has 0 saturated heterocycles. The molecule has 4 aliphatic carbocycles. The van der Waals surface area contributed by atoms with Crippen molar-refractivity contribution in [2.75, 3.05) is 0 Å². The molecule has 2 N–H and O–H groups in total. The smallest absolute Gasteiger partial charge is 0.303 e. The predicted molar refractivity (Wildman–Crippen MR) is 143 cm³/mol. The van der Waals surface area contributed by atoms with Crippen molar-refractivity contribution in [3.05, 3.63) is 22.8 Å². The van der Waals surface area contributed by atoms with E-state index < -0.39 is 11.6 Å². The van der Waals surface area contributed by atoms with E-state index >= 15 is 0 Å². The van der Waals surface area contributed by atoms with Gasteiger partial charge in [-0.1, -0.05) is 63.4 Å². The van der Waals surface area contributed by atoms with E-state index in [0.717, 1.165) is 57.8 Å². The number of rotatable bonds is 11. The van der Waals surface area contributed by atoms with Crippen molar-refractivity contribution in [2.45, 2.75) is 129 Å². The number of aliphatic carboxylic acids is 1. The lowest BCUT2D eigenvalue weighted by atomic mass is 9.51.